The van der Waals surface area contributed by atoms with E-state index in [1.54, 1.807) is 0 Å². The van der Waals surface area contributed by atoms with Gasteiger partial charge in [0.05, 0.1) is 0 Å². The van der Waals surface area contributed by atoms with Crippen LogP contribution < -0.4 is 10.2 Å². The Labute approximate surface area is 154 Å². The van der Waals surface area contributed by atoms with E-state index in [4.69, 9.17) is 0 Å². The Bertz CT molecular complexity index is 882. The summed E-state index contributed by atoms with van der Waals surface area (Å²) >= 11 is 0. The maximum atomic E-state index is 12.6. The van der Waals surface area contributed by atoms with Crippen molar-refractivity contribution in [3.63, 3.8) is 0 Å². The van der Waals surface area contributed by atoms with Crippen molar-refractivity contribution in [3.8, 4) is 11.1 Å². The molecule has 3 aromatic carbocycles. The molecule has 0 radical (unpaired) electrons. The van der Waals surface area contributed by atoms with Crippen LogP contribution in [0.1, 0.15) is 23.2 Å². The second-order valence-electron chi connectivity index (χ2n) is 6.64. The summed E-state index contributed by atoms with van der Waals surface area (Å²) in [5.41, 5.74) is 4.94. The molecule has 3 nitrogen and oxygen atoms in total. The summed E-state index contributed by atoms with van der Waals surface area (Å²) < 4.78 is 0. The van der Waals surface area contributed by atoms with Gasteiger partial charge in [0, 0.05) is 30.0 Å². The molecule has 1 aliphatic heterocycles. The number of benzene rings is 3. The Morgan fingerprint density at radius 1 is 0.769 bits per heavy atom. The lowest BCUT2D eigenvalue weighted by Crippen LogP contribution is -2.18. The third-order valence-corrected chi connectivity index (χ3v) is 4.83. The van der Waals surface area contributed by atoms with E-state index in [1.807, 2.05) is 54.6 Å². The van der Waals surface area contributed by atoms with Gasteiger partial charge < -0.3 is 10.2 Å². The first-order chi connectivity index (χ1) is 12.8. The Hall–Kier alpha value is -3.07. The number of hydrogen-bond donors (Lipinski definition) is 1. The van der Waals surface area contributed by atoms with Crippen molar-refractivity contribution in [1.29, 1.82) is 0 Å². The van der Waals surface area contributed by atoms with Crippen molar-refractivity contribution in [1.82, 2.24) is 0 Å². The van der Waals surface area contributed by atoms with Crippen LogP contribution in [0.3, 0.4) is 0 Å². The molecule has 0 spiro atoms. The lowest BCUT2D eigenvalue weighted by Gasteiger charge is -2.18. The van der Waals surface area contributed by atoms with Crippen molar-refractivity contribution in [3.05, 3.63) is 84.4 Å². The predicted octanol–water partition coefficient (Wildman–Crippen LogP) is 5.21. The van der Waals surface area contributed by atoms with E-state index in [-0.39, 0.29) is 5.91 Å². The van der Waals surface area contributed by atoms with Gasteiger partial charge in [0.15, 0.2) is 0 Å². The van der Waals surface area contributed by atoms with E-state index in [2.05, 4.69) is 34.5 Å². The average molecular weight is 342 g/mol. The average Bonchev–Trinajstić information content (AvgIpc) is 3.24. The van der Waals surface area contributed by atoms with E-state index >= 15 is 0 Å². The Balaban J connectivity index is 1.47. The van der Waals surface area contributed by atoms with Crippen molar-refractivity contribution < 1.29 is 4.79 Å². The fraction of sp³-hybridized carbons (Fsp3) is 0.174. The Morgan fingerprint density at radius 3 is 2.19 bits per heavy atom. The lowest BCUT2D eigenvalue weighted by molar-refractivity contribution is 0.102. The SMILES string of the molecule is O=C(Nc1cccc(N2CCCC2)c1)c1ccc(-c2ccccc2)cc1. The molecule has 130 valence electrons. The highest BCUT2D eigenvalue weighted by Gasteiger charge is 2.13. The molecular weight excluding hydrogens is 320 g/mol. The number of rotatable bonds is 4. The van der Waals surface area contributed by atoms with Gasteiger partial charge in [-0.1, -0.05) is 48.5 Å². The van der Waals surface area contributed by atoms with Crippen LogP contribution in [-0.4, -0.2) is 19.0 Å². The standard InChI is InChI=1S/C23H22N2O/c26-23(20-13-11-19(12-14-20)18-7-2-1-3-8-18)24-21-9-6-10-22(17-21)25-15-4-5-16-25/h1-3,6-14,17H,4-5,15-16H2,(H,24,26). The van der Waals surface area contributed by atoms with Gasteiger partial charge in [-0.2, -0.15) is 0 Å². The maximum absolute atomic E-state index is 12.6. The molecule has 1 fully saturated rings. The highest BCUT2D eigenvalue weighted by atomic mass is 16.1. The van der Waals surface area contributed by atoms with E-state index in [0.717, 1.165) is 29.9 Å². The van der Waals surface area contributed by atoms with E-state index in [1.165, 1.54) is 18.5 Å². The number of carbonyl (C=O) groups excluding carboxylic acids is 1. The van der Waals surface area contributed by atoms with E-state index < -0.39 is 0 Å². The van der Waals surface area contributed by atoms with Gasteiger partial charge in [-0.25, -0.2) is 0 Å². The second-order valence-corrected chi connectivity index (χ2v) is 6.64. The maximum Gasteiger partial charge on any atom is 0.255 e. The molecular formula is C23H22N2O. The van der Waals surface area contributed by atoms with E-state index in [0.29, 0.717) is 5.56 Å². The van der Waals surface area contributed by atoms with Gasteiger partial charge in [-0.15, -0.1) is 0 Å². The quantitative estimate of drug-likeness (QED) is 0.706. The minimum absolute atomic E-state index is 0.0804. The summed E-state index contributed by atoms with van der Waals surface area (Å²) in [5, 5.41) is 3.02. The molecule has 0 unspecified atom stereocenters. The van der Waals surface area contributed by atoms with Crippen LogP contribution in [0, 0.1) is 0 Å². The molecule has 1 aliphatic rings. The Morgan fingerprint density at radius 2 is 1.46 bits per heavy atom. The highest BCUT2D eigenvalue weighted by molar-refractivity contribution is 6.04. The molecule has 26 heavy (non-hydrogen) atoms. The fourth-order valence-electron chi connectivity index (χ4n) is 3.40. The molecule has 0 saturated carbocycles. The molecule has 0 aromatic heterocycles. The molecule has 0 aliphatic carbocycles. The van der Waals surface area contributed by atoms with Crippen molar-refractivity contribution in [2.24, 2.45) is 0 Å². The van der Waals surface area contributed by atoms with E-state index in [9.17, 15) is 4.79 Å². The molecule has 0 bridgehead atoms. The van der Waals surface area contributed by atoms with Gasteiger partial charge in [0.1, 0.15) is 0 Å². The predicted molar refractivity (Wildman–Crippen MR) is 108 cm³/mol. The number of carbonyl (C=O) groups is 1. The van der Waals surface area contributed by atoms with Gasteiger partial charge >= 0.3 is 0 Å². The topological polar surface area (TPSA) is 32.3 Å². The zero-order valence-corrected chi connectivity index (χ0v) is 14.7. The zero-order chi connectivity index (χ0) is 17.8. The molecule has 1 N–H and O–H groups in total. The number of hydrogen-bond acceptors (Lipinski definition) is 2. The second kappa shape index (κ2) is 7.44. The molecule has 1 amide bonds. The Kier molecular flexibility index (Phi) is 4.69. The number of amides is 1. The summed E-state index contributed by atoms with van der Waals surface area (Å²) in [6, 6.07) is 26.0. The summed E-state index contributed by atoms with van der Waals surface area (Å²) in [6.45, 7) is 2.19. The molecule has 0 atom stereocenters. The van der Waals surface area contributed by atoms with Crippen LogP contribution in [0.4, 0.5) is 11.4 Å². The summed E-state index contributed by atoms with van der Waals surface area (Å²) in [6.07, 6.45) is 2.48. The van der Waals surface area contributed by atoms with Gasteiger partial charge in [-0.05, 0) is 54.3 Å². The third-order valence-electron chi connectivity index (χ3n) is 4.83. The highest BCUT2D eigenvalue weighted by Crippen LogP contribution is 2.24. The molecule has 1 heterocycles. The van der Waals surface area contributed by atoms with Crippen LogP contribution in [0.15, 0.2) is 78.9 Å². The third kappa shape index (κ3) is 3.62. The molecule has 3 heteroatoms. The first-order valence-electron chi connectivity index (χ1n) is 9.11. The van der Waals surface area contributed by atoms with Crippen LogP contribution >= 0.6 is 0 Å². The minimum atomic E-state index is -0.0804. The van der Waals surface area contributed by atoms with Crippen LogP contribution in [-0.2, 0) is 0 Å². The summed E-state index contributed by atoms with van der Waals surface area (Å²) in [5.74, 6) is -0.0804. The fourth-order valence-corrected chi connectivity index (χ4v) is 3.40. The summed E-state index contributed by atoms with van der Waals surface area (Å²) in [4.78, 5) is 14.9. The minimum Gasteiger partial charge on any atom is -0.371 e. The monoisotopic (exact) mass is 342 g/mol. The van der Waals surface area contributed by atoms with Gasteiger partial charge in [-0.3, -0.25) is 4.79 Å². The molecule has 1 saturated heterocycles. The first kappa shape index (κ1) is 16.4. The van der Waals surface area contributed by atoms with Crippen molar-refractivity contribution >= 4 is 17.3 Å². The number of nitrogens with zero attached hydrogens (tertiary/aromatic N) is 1. The zero-order valence-electron chi connectivity index (χ0n) is 14.7. The lowest BCUT2D eigenvalue weighted by atomic mass is 10.0. The number of nitrogens with one attached hydrogen (secondary N) is 1. The van der Waals surface area contributed by atoms with Crippen LogP contribution in [0.2, 0.25) is 0 Å². The molecule has 3 aromatic rings. The van der Waals surface area contributed by atoms with Crippen LogP contribution in [0.25, 0.3) is 11.1 Å². The van der Waals surface area contributed by atoms with Crippen molar-refractivity contribution in [2.45, 2.75) is 12.8 Å². The normalized spacial score (nSPS) is 13.6. The molecule has 4 rings (SSSR count). The number of anilines is 2. The largest absolute Gasteiger partial charge is 0.371 e. The smallest absolute Gasteiger partial charge is 0.255 e. The van der Waals surface area contributed by atoms with Crippen LogP contribution in [0.5, 0.6) is 0 Å². The van der Waals surface area contributed by atoms with Gasteiger partial charge in [0.2, 0.25) is 0 Å². The first-order valence-corrected chi connectivity index (χ1v) is 9.11. The summed E-state index contributed by atoms with van der Waals surface area (Å²) in [7, 11) is 0. The van der Waals surface area contributed by atoms with Gasteiger partial charge in [0.25, 0.3) is 5.91 Å². The van der Waals surface area contributed by atoms with Crippen molar-refractivity contribution in [2.75, 3.05) is 23.3 Å².